The zero-order valence-corrected chi connectivity index (χ0v) is 15.0. The van der Waals surface area contributed by atoms with Crippen LogP contribution in [0.1, 0.15) is 26.7 Å². The van der Waals surface area contributed by atoms with Crippen LogP contribution in [0.25, 0.3) is 0 Å². The molecular weight excluding hydrogens is 338 g/mol. The van der Waals surface area contributed by atoms with E-state index in [4.69, 9.17) is 0 Å². The molecule has 0 bridgehead atoms. The number of anilines is 1. The van der Waals surface area contributed by atoms with Gasteiger partial charge >= 0.3 is 0 Å². The van der Waals surface area contributed by atoms with Gasteiger partial charge in [-0.15, -0.1) is 12.4 Å². The van der Waals surface area contributed by atoms with Crippen molar-refractivity contribution in [3.05, 3.63) is 24.3 Å². The van der Waals surface area contributed by atoms with Crippen molar-refractivity contribution in [1.29, 1.82) is 0 Å². The van der Waals surface area contributed by atoms with E-state index in [1.165, 1.54) is 19.1 Å². The summed E-state index contributed by atoms with van der Waals surface area (Å²) in [6.45, 7) is 5.15. The molecule has 6 nitrogen and oxygen atoms in total. The smallest absolute Gasteiger partial charge is 0.240 e. The highest BCUT2D eigenvalue weighted by Crippen LogP contribution is 2.18. The fourth-order valence-electron chi connectivity index (χ4n) is 2.64. The van der Waals surface area contributed by atoms with Gasteiger partial charge in [0.1, 0.15) is 0 Å². The number of carbonyl (C=O) groups is 1. The number of amides is 1. The largest absolute Gasteiger partial charge is 0.326 e. The molecule has 1 heterocycles. The summed E-state index contributed by atoms with van der Waals surface area (Å²) in [5, 5.41) is 5.91. The standard InChI is InChI=1S/C15H23N3O3S.ClH/c1-11(13-4-3-9-16-10-13)18-22(20,21)15-7-5-14(6-8-15)17-12(2)19;/h5-8,11,13,16,18H,3-4,9-10H2,1-2H3,(H,17,19);1H. The van der Waals surface area contributed by atoms with E-state index in [0.717, 1.165) is 25.9 Å². The number of hydrogen-bond acceptors (Lipinski definition) is 4. The molecule has 130 valence electrons. The summed E-state index contributed by atoms with van der Waals surface area (Å²) >= 11 is 0. The minimum atomic E-state index is -3.54. The second kappa shape index (κ2) is 8.63. The van der Waals surface area contributed by atoms with Gasteiger partial charge in [0.2, 0.25) is 15.9 Å². The highest BCUT2D eigenvalue weighted by molar-refractivity contribution is 7.89. The lowest BCUT2D eigenvalue weighted by Gasteiger charge is -2.28. The molecule has 0 aromatic heterocycles. The molecule has 2 rings (SSSR count). The molecule has 0 radical (unpaired) electrons. The Balaban J connectivity index is 0.00000264. The molecule has 0 saturated carbocycles. The van der Waals surface area contributed by atoms with Crippen molar-refractivity contribution in [3.63, 3.8) is 0 Å². The Labute approximate surface area is 143 Å². The van der Waals surface area contributed by atoms with Gasteiger partial charge in [0.05, 0.1) is 4.90 Å². The number of piperidine rings is 1. The highest BCUT2D eigenvalue weighted by Gasteiger charge is 2.25. The topological polar surface area (TPSA) is 87.3 Å². The Hall–Kier alpha value is -1.15. The van der Waals surface area contributed by atoms with Crippen LogP contribution < -0.4 is 15.4 Å². The summed E-state index contributed by atoms with van der Waals surface area (Å²) < 4.78 is 27.5. The summed E-state index contributed by atoms with van der Waals surface area (Å²) in [5.74, 6) is 0.120. The number of sulfonamides is 1. The zero-order chi connectivity index (χ0) is 16.2. The summed E-state index contributed by atoms with van der Waals surface area (Å²) in [5.41, 5.74) is 0.580. The monoisotopic (exact) mass is 361 g/mol. The minimum absolute atomic E-state index is 0. The van der Waals surface area contributed by atoms with Gasteiger partial charge in [-0.1, -0.05) is 0 Å². The van der Waals surface area contributed by atoms with Crippen LogP contribution in [0.4, 0.5) is 5.69 Å². The van der Waals surface area contributed by atoms with Gasteiger partial charge in [-0.05, 0) is 63.0 Å². The molecule has 2 unspecified atom stereocenters. The third-order valence-corrected chi connectivity index (χ3v) is 5.44. The van der Waals surface area contributed by atoms with Gasteiger partial charge in [0, 0.05) is 18.7 Å². The van der Waals surface area contributed by atoms with E-state index in [1.54, 1.807) is 12.1 Å². The Bertz CT molecular complexity index is 613. The first kappa shape index (κ1) is 19.9. The van der Waals surface area contributed by atoms with Gasteiger partial charge in [0.15, 0.2) is 0 Å². The van der Waals surface area contributed by atoms with Crippen molar-refractivity contribution in [2.45, 2.75) is 37.6 Å². The van der Waals surface area contributed by atoms with E-state index in [-0.39, 0.29) is 29.3 Å². The Kier molecular flexibility index (Phi) is 7.47. The molecule has 8 heteroatoms. The van der Waals surface area contributed by atoms with Crippen LogP contribution in [-0.4, -0.2) is 33.5 Å². The number of rotatable bonds is 5. The van der Waals surface area contributed by atoms with Gasteiger partial charge in [-0.3, -0.25) is 4.79 Å². The van der Waals surface area contributed by atoms with Gasteiger partial charge in [-0.2, -0.15) is 0 Å². The maximum atomic E-state index is 12.4. The number of benzene rings is 1. The molecule has 1 aromatic rings. The van der Waals surface area contributed by atoms with Crippen LogP contribution in [0.5, 0.6) is 0 Å². The summed E-state index contributed by atoms with van der Waals surface area (Å²) in [7, 11) is -3.54. The maximum absolute atomic E-state index is 12.4. The molecule has 1 saturated heterocycles. The number of nitrogens with one attached hydrogen (secondary N) is 3. The average molecular weight is 362 g/mol. The first-order chi connectivity index (χ1) is 10.4. The number of halogens is 1. The summed E-state index contributed by atoms with van der Waals surface area (Å²) in [4.78, 5) is 11.2. The zero-order valence-electron chi connectivity index (χ0n) is 13.3. The molecule has 1 aliphatic rings. The van der Waals surface area contributed by atoms with E-state index in [0.29, 0.717) is 11.6 Å². The lowest BCUT2D eigenvalue weighted by atomic mass is 9.94. The molecule has 1 fully saturated rings. The minimum Gasteiger partial charge on any atom is -0.326 e. The second-order valence-corrected chi connectivity index (χ2v) is 7.44. The van der Waals surface area contributed by atoms with E-state index in [1.807, 2.05) is 6.92 Å². The normalized spacial score (nSPS) is 19.5. The first-order valence-corrected chi connectivity index (χ1v) is 8.97. The van der Waals surface area contributed by atoms with Crippen molar-refractivity contribution in [2.75, 3.05) is 18.4 Å². The van der Waals surface area contributed by atoms with Gasteiger partial charge in [0.25, 0.3) is 0 Å². The van der Waals surface area contributed by atoms with Crippen molar-refractivity contribution >= 4 is 34.0 Å². The SMILES string of the molecule is CC(=O)Nc1ccc(S(=O)(=O)NC(C)C2CCCNC2)cc1.Cl. The predicted molar refractivity (Wildman–Crippen MR) is 93.4 cm³/mol. The Morgan fingerprint density at radius 3 is 2.48 bits per heavy atom. The molecule has 1 amide bonds. The quantitative estimate of drug-likeness (QED) is 0.745. The molecule has 3 N–H and O–H groups in total. The van der Waals surface area contributed by atoms with Crippen molar-refractivity contribution < 1.29 is 13.2 Å². The summed E-state index contributed by atoms with van der Waals surface area (Å²) in [6.07, 6.45) is 2.10. The second-order valence-electron chi connectivity index (χ2n) is 5.72. The van der Waals surface area contributed by atoms with Crippen molar-refractivity contribution in [1.82, 2.24) is 10.0 Å². The lowest BCUT2D eigenvalue weighted by molar-refractivity contribution is -0.114. The molecule has 23 heavy (non-hydrogen) atoms. The molecule has 0 spiro atoms. The van der Waals surface area contributed by atoms with Gasteiger partial charge < -0.3 is 10.6 Å². The first-order valence-electron chi connectivity index (χ1n) is 7.49. The van der Waals surface area contributed by atoms with Crippen molar-refractivity contribution in [3.8, 4) is 0 Å². The van der Waals surface area contributed by atoms with Crippen LogP contribution in [-0.2, 0) is 14.8 Å². The Morgan fingerprint density at radius 1 is 1.30 bits per heavy atom. The third-order valence-electron chi connectivity index (χ3n) is 3.87. The molecule has 1 aromatic carbocycles. The Morgan fingerprint density at radius 2 is 1.96 bits per heavy atom. The van der Waals surface area contributed by atoms with Gasteiger partial charge in [-0.25, -0.2) is 13.1 Å². The van der Waals surface area contributed by atoms with Crippen LogP contribution in [0, 0.1) is 5.92 Å². The lowest BCUT2D eigenvalue weighted by Crippen LogP contribution is -2.44. The fraction of sp³-hybridized carbons (Fsp3) is 0.533. The molecular formula is C15H24ClN3O3S. The van der Waals surface area contributed by atoms with E-state index in [9.17, 15) is 13.2 Å². The van der Waals surface area contributed by atoms with Crippen LogP contribution in [0.2, 0.25) is 0 Å². The van der Waals surface area contributed by atoms with Crippen molar-refractivity contribution in [2.24, 2.45) is 5.92 Å². The molecule has 0 aliphatic carbocycles. The van der Waals surface area contributed by atoms with E-state index >= 15 is 0 Å². The third kappa shape index (κ3) is 5.76. The van der Waals surface area contributed by atoms with E-state index < -0.39 is 10.0 Å². The molecule has 2 atom stereocenters. The highest BCUT2D eigenvalue weighted by atomic mass is 35.5. The van der Waals surface area contributed by atoms with E-state index in [2.05, 4.69) is 15.4 Å². The average Bonchev–Trinajstić information content (AvgIpc) is 2.47. The van der Waals surface area contributed by atoms with Crippen LogP contribution >= 0.6 is 12.4 Å². The van der Waals surface area contributed by atoms with Crippen LogP contribution in [0.15, 0.2) is 29.2 Å². The number of hydrogen-bond donors (Lipinski definition) is 3. The van der Waals surface area contributed by atoms with Crippen LogP contribution in [0.3, 0.4) is 0 Å². The molecule has 1 aliphatic heterocycles. The number of carbonyl (C=O) groups excluding carboxylic acids is 1. The maximum Gasteiger partial charge on any atom is 0.240 e. The predicted octanol–water partition coefficient (Wildman–Crippen LogP) is 1.73. The fourth-order valence-corrected chi connectivity index (χ4v) is 3.95. The summed E-state index contributed by atoms with van der Waals surface area (Å²) in [6, 6.07) is 6.05.